The van der Waals surface area contributed by atoms with Gasteiger partial charge in [-0.2, -0.15) is 0 Å². The van der Waals surface area contributed by atoms with Crippen LogP contribution in [0.4, 0.5) is 11.8 Å². The number of halogens is 2. The smallest absolute Gasteiger partial charge is 0.223 e. The Labute approximate surface area is 225 Å². The first-order valence-corrected chi connectivity index (χ1v) is 12.8. The molecule has 0 aliphatic heterocycles. The van der Waals surface area contributed by atoms with Gasteiger partial charge in [0.15, 0.2) is 11.5 Å². The molecule has 0 saturated heterocycles. The van der Waals surface area contributed by atoms with Crippen LogP contribution in [0.2, 0.25) is 5.02 Å². The van der Waals surface area contributed by atoms with Crippen molar-refractivity contribution in [2.24, 2.45) is 5.92 Å². The lowest BCUT2D eigenvalue weighted by Crippen LogP contribution is -2.27. The maximum Gasteiger partial charge on any atom is 0.223 e. The van der Waals surface area contributed by atoms with E-state index in [-0.39, 0.29) is 12.4 Å². The summed E-state index contributed by atoms with van der Waals surface area (Å²) in [7, 11) is 0. The van der Waals surface area contributed by atoms with E-state index < -0.39 is 0 Å². The van der Waals surface area contributed by atoms with Gasteiger partial charge in [-0.3, -0.25) is 4.40 Å². The Morgan fingerprint density at radius 1 is 1.06 bits per heavy atom. The molecule has 4 rings (SSSR count). The van der Waals surface area contributed by atoms with Crippen LogP contribution in [0, 0.1) is 5.92 Å². The van der Waals surface area contributed by atoms with E-state index in [1.165, 1.54) is 0 Å². The Kier molecular flexibility index (Phi) is 11.9. The van der Waals surface area contributed by atoms with E-state index in [1.54, 1.807) is 6.20 Å². The molecule has 0 fully saturated rings. The number of benzene rings is 1. The molecule has 3 heterocycles. The van der Waals surface area contributed by atoms with Crippen molar-refractivity contribution < 1.29 is 0 Å². The van der Waals surface area contributed by atoms with Crippen LogP contribution in [-0.4, -0.2) is 37.4 Å². The van der Waals surface area contributed by atoms with Crippen LogP contribution >= 0.6 is 24.0 Å². The van der Waals surface area contributed by atoms with Crippen molar-refractivity contribution in [1.82, 2.24) is 24.3 Å². The van der Waals surface area contributed by atoms with Gasteiger partial charge in [0, 0.05) is 43.2 Å². The van der Waals surface area contributed by atoms with E-state index in [9.17, 15) is 0 Å². The summed E-state index contributed by atoms with van der Waals surface area (Å²) in [6, 6.07) is 9.64. The molecule has 194 valence electrons. The van der Waals surface area contributed by atoms with Crippen LogP contribution in [-0.2, 0) is 6.54 Å². The zero-order valence-electron chi connectivity index (χ0n) is 21.8. The highest BCUT2D eigenvalue weighted by Crippen LogP contribution is 2.25. The minimum absolute atomic E-state index is 0. The summed E-state index contributed by atoms with van der Waals surface area (Å²) in [4.78, 5) is 20.8. The average Bonchev–Trinajstić information content (AvgIpc) is 3.31. The van der Waals surface area contributed by atoms with Crippen LogP contribution in [0.3, 0.4) is 0 Å². The lowest BCUT2D eigenvalue weighted by atomic mass is 10.1. The van der Waals surface area contributed by atoms with Crippen LogP contribution in [0.15, 0.2) is 55.1 Å². The molecule has 0 amide bonds. The van der Waals surface area contributed by atoms with Crippen LogP contribution in [0.25, 0.3) is 17.0 Å². The molecular formula is C27H37Cl2N7. The molecule has 9 heteroatoms. The zero-order chi connectivity index (χ0) is 25.2. The number of rotatable bonds is 10. The molecule has 0 atom stereocenters. The number of fused-ring (bicyclic) bond motifs is 1. The molecule has 4 aromatic rings. The third-order valence-electron chi connectivity index (χ3n) is 5.44. The number of anilines is 2. The van der Waals surface area contributed by atoms with Crippen molar-refractivity contribution in [1.29, 1.82) is 0 Å². The number of aromatic nitrogens is 5. The van der Waals surface area contributed by atoms with Gasteiger partial charge in [0.2, 0.25) is 5.95 Å². The fraction of sp³-hybridized carbons (Fsp3) is 0.407. The number of nitrogens with one attached hydrogen (secondary N) is 1. The van der Waals surface area contributed by atoms with Crippen molar-refractivity contribution in [2.45, 2.75) is 54.0 Å². The van der Waals surface area contributed by atoms with Crippen molar-refractivity contribution in [3.05, 3.63) is 65.7 Å². The maximum absolute atomic E-state index is 6.09. The van der Waals surface area contributed by atoms with Gasteiger partial charge < -0.3 is 10.2 Å². The third kappa shape index (κ3) is 7.55. The number of hydrogen-bond acceptors (Lipinski definition) is 6. The predicted molar refractivity (Wildman–Crippen MR) is 153 cm³/mol. The second kappa shape index (κ2) is 14.6. The third-order valence-corrected chi connectivity index (χ3v) is 5.67. The Morgan fingerprint density at radius 2 is 1.86 bits per heavy atom. The molecule has 1 aromatic carbocycles. The monoisotopic (exact) mass is 529 g/mol. The van der Waals surface area contributed by atoms with Gasteiger partial charge in [-0.15, -0.1) is 12.4 Å². The predicted octanol–water partition coefficient (Wildman–Crippen LogP) is 7.16. The van der Waals surface area contributed by atoms with Crippen molar-refractivity contribution in [2.75, 3.05) is 23.3 Å². The van der Waals surface area contributed by atoms with Gasteiger partial charge in [0.05, 0.1) is 17.6 Å². The van der Waals surface area contributed by atoms with E-state index in [1.807, 2.05) is 62.8 Å². The molecule has 0 bridgehead atoms. The molecule has 1 N–H and O–H groups in total. The second-order valence-corrected chi connectivity index (χ2v) is 8.94. The number of imidazole rings is 1. The summed E-state index contributed by atoms with van der Waals surface area (Å²) >= 11 is 6.09. The minimum atomic E-state index is 0. The van der Waals surface area contributed by atoms with Gasteiger partial charge in [0.1, 0.15) is 0 Å². The molecule has 0 unspecified atom stereocenters. The molecule has 36 heavy (non-hydrogen) atoms. The molecule has 0 aliphatic carbocycles. The summed E-state index contributed by atoms with van der Waals surface area (Å²) in [5, 5.41) is 3.99. The Morgan fingerprint density at radius 3 is 2.58 bits per heavy atom. The summed E-state index contributed by atoms with van der Waals surface area (Å²) in [5.41, 5.74) is 3.62. The lowest BCUT2D eigenvalue weighted by Gasteiger charge is -2.24. The molecular weight excluding hydrogens is 493 g/mol. The molecule has 0 aliphatic rings. The Bertz CT molecular complexity index is 1210. The molecule has 0 spiro atoms. The highest BCUT2D eigenvalue weighted by molar-refractivity contribution is 6.30. The largest absolute Gasteiger partial charge is 0.354 e. The fourth-order valence-corrected chi connectivity index (χ4v) is 3.95. The van der Waals surface area contributed by atoms with Gasteiger partial charge in [-0.05, 0) is 42.5 Å². The van der Waals surface area contributed by atoms with Crippen molar-refractivity contribution >= 4 is 41.4 Å². The standard InChI is InChI=1S/C25H30ClN7.C2H6.ClH/c1-4-12-32(13-9-18(2)3)23-24-29-17-22(33(24)14-11-27-23)21-8-10-28-25(31-21)30-16-19-6-5-7-20(26)15-19;1-2;/h5-8,10-11,14-15,17-18H,4,9,12-13,16H2,1-3H3,(H,28,30,31);1-2H3;1H. The first-order valence-electron chi connectivity index (χ1n) is 12.4. The van der Waals surface area contributed by atoms with E-state index in [0.29, 0.717) is 23.4 Å². The SMILES string of the molecule is CC.CCCN(CCC(C)C)c1nccn2c(-c3ccnc(NCc4cccc(Cl)c4)n3)cnc12.Cl. The molecule has 3 aromatic heterocycles. The summed E-state index contributed by atoms with van der Waals surface area (Å²) in [5.74, 6) is 2.11. The van der Waals surface area contributed by atoms with Crippen LogP contribution in [0.1, 0.15) is 53.0 Å². The van der Waals surface area contributed by atoms with Gasteiger partial charge in [-0.1, -0.05) is 58.4 Å². The topological polar surface area (TPSA) is 71.2 Å². The first kappa shape index (κ1) is 29.3. The van der Waals surface area contributed by atoms with Crippen molar-refractivity contribution in [3.63, 3.8) is 0 Å². The summed E-state index contributed by atoms with van der Waals surface area (Å²) in [6.45, 7) is 13.2. The van der Waals surface area contributed by atoms with Gasteiger partial charge in [-0.25, -0.2) is 19.9 Å². The van der Waals surface area contributed by atoms with Gasteiger partial charge >= 0.3 is 0 Å². The van der Waals surface area contributed by atoms with E-state index in [0.717, 1.165) is 54.3 Å². The van der Waals surface area contributed by atoms with Crippen molar-refractivity contribution in [3.8, 4) is 11.4 Å². The Balaban J connectivity index is 0.00000148. The lowest BCUT2D eigenvalue weighted by molar-refractivity contribution is 0.568. The number of nitrogens with zero attached hydrogens (tertiary/aromatic N) is 6. The molecule has 0 radical (unpaired) electrons. The van der Waals surface area contributed by atoms with Crippen LogP contribution in [0.5, 0.6) is 0 Å². The molecule has 7 nitrogen and oxygen atoms in total. The van der Waals surface area contributed by atoms with E-state index >= 15 is 0 Å². The summed E-state index contributed by atoms with van der Waals surface area (Å²) in [6.07, 6.45) is 9.57. The highest BCUT2D eigenvalue weighted by Gasteiger charge is 2.16. The molecule has 0 saturated carbocycles. The zero-order valence-corrected chi connectivity index (χ0v) is 23.4. The first-order chi connectivity index (χ1) is 17.0. The highest BCUT2D eigenvalue weighted by atomic mass is 35.5. The maximum atomic E-state index is 6.09. The summed E-state index contributed by atoms with van der Waals surface area (Å²) < 4.78 is 2.06. The minimum Gasteiger partial charge on any atom is -0.354 e. The van der Waals surface area contributed by atoms with E-state index in [2.05, 4.69) is 45.4 Å². The van der Waals surface area contributed by atoms with Gasteiger partial charge in [0.25, 0.3) is 0 Å². The average molecular weight is 531 g/mol. The quantitative estimate of drug-likeness (QED) is 0.235. The van der Waals surface area contributed by atoms with Crippen LogP contribution < -0.4 is 10.2 Å². The van der Waals surface area contributed by atoms with E-state index in [4.69, 9.17) is 21.6 Å². The number of hydrogen-bond donors (Lipinski definition) is 1. The second-order valence-electron chi connectivity index (χ2n) is 8.51. The fourth-order valence-electron chi connectivity index (χ4n) is 3.74. The Hall–Kier alpha value is -2.90. The normalized spacial score (nSPS) is 10.5.